The first-order valence-electron chi connectivity index (χ1n) is 12.2. The first-order chi connectivity index (χ1) is 16.8. The number of rotatable bonds is 5. The molecule has 6 rings (SSSR count). The fourth-order valence-electron chi connectivity index (χ4n) is 5.33. The molecule has 2 fully saturated rings. The van der Waals surface area contributed by atoms with E-state index >= 15 is 0 Å². The minimum Gasteiger partial charge on any atom is -0.351 e. The maximum absolute atomic E-state index is 13.5. The highest BCUT2D eigenvalue weighted by Crippen LogP contribution is 2.35. The lowest BCUT2D eigenvalue weighted by molar-refractivity contribution is 0.461. The van der Waals surface area contributed by atoms with Crippen LogP contribution in [0, 0.1) is 5.82 Å². The van der Waals surface area contributed by atoms with Crippen LogP contribution in [0.5, 0.6) is 0 Å². The van der Waals surface area contributed by atoms with Gasteiger partial charge in [-0.3, -0.25) is 0 Å². The van der Waals surface area contributed by atoms with E-state index in [0.29, 0.717) is 12.0 Å². The van der Waals surface area contributed by atoms with Crippen LogP contribution in [0.3, 0.4) is 0 Å². The van der Waals surface area contributed by atoms with Gasteiger partial charge in [-0.15, -0.1) is 0 Å². The van der Waals surface area contributed by atoms with Gasteiger partial charge in [0.2, 0.25) is 11.9 Å². The van der Waals surface area contributed by atoms with Crippen LogP contribution in [0.25, 0.3) is 16.8 Å². The van der Waals surface area contributed by atoms with Gasteiger partial charge in [0.05, 0.1) is 23.4 Å². The van der Waals surface area contributed by atoms with Gasteiger partial charge in [0.25, 0.3) is 0 Å². The SMILES string of the molecule is Fc1ccc(C2CCCCN2c2nccc3c(-c4ccnc(NC5CCCC5)n4)cnn23)cc1. The molecule has 2 aliphatic rings. The fraction of sp³-hybridized carbons (Fsp3) is 0.385. The Balaban J connectivity index is 1.35. The quantitative estimate of drug-likeness (QED) is 0.432. The number of aromatic nitrogens is 5. The second kappa shape index (κ2) is 9.00. The second-order valence-corrected chi connectivity index (χ2v) is 9.25. The van der Waals surface area contributed by atoms with Crippen LogP contribution < -0.4 is 10.2 Å². The van der Waals surface area contributed by atoms with Crippen LogP contribution in [-0.2, 0) is 0 Å². The number of nitrogens with one attached hydrogen (secondary N) is 1. The highest BCUT2D eigenvalue weighted by Gasteiger charge is 2.27. The lowest BCUT2D eigenvalue weighted by atomic mass is 9.95. The highest BCUT2D eigenvalue weighted by atomic mass is 19.1. The van der Waals surface area contributed by atoms with Gasteiger partial charge in [-0.25, -0.2) is 19.3 Å². The number of benzene rings is 1. The molecular formula is C26H28FN7. The summed E-state index contributed by atoms with van der Waals surface area (Å²) in [6.45, 7) is 0.881. The third-order valence-electron chi connectivity index (χ3n) is 7.05. The molecule has 1 N–H and O–H groups in total. The smallest absolute Gasteiger partial charge is 0.227 e. The van der Waals surface area contributed by atoms with Crippen LogP contribution >= 0.6 is 0 Å². The van der Waals surface area contributed by atoms with E-state index in [1.54, 1.807) is 6.20 Å². The Hall–Kier alpha value is -3.55. The predicted molar refractivity (Wildman–Crippen MR) is 130 cm³/mol. The van der Waals surface area contributed by atoms with E-state index in [4.69, 9.17) is 15.1 Å². The van der Waals surface area contributed by atoms with Crippen molar-refractivity contribution >= 4 is 17.4 Å². The van der Waals surface area contributed by atoms with E-state index in [0.717, 1.165) is 54.1 Å². The summed E-state index contributed by atoms with van der Waals surface area (Å²) in [7, 11) is 0. The molecule has 4 aromatic rings. The van der Waals surface area contributed by atoms with Crippen molar-refractivity contribution in [3.8, 4) is 11.3 Å². The molecule has 1 atom stereocenters. The molecule has 8 heteroatoms. The average molecular weight is 458 g/mol. The molecule has 0 amide bonds. The van der Waals surface area contributed by atoms with Gasteiger partial charge < -0.3 is 10.2 Å². The summed E-state index contributed by atoms with van der Waals surface area (Å²) in [5, 5.41) is 8.20. The molecule has 0 radical (unpaired) electrons. The van der Waals surface area contributed by atoms with Crippen molar-refractivity contribution in [1.29, 1.82) is 0 Å². The molecule has 0 spiro atoms. The van der Waals surface area contributed by atoms with Gasteiger partial charge in [0, 0.05) is 30.5 Å². The van der Waals surface area contributed by atoms with Crippen LogP contribution in [0.4, 0.5) is 16.3 Å². The minimum atomic E-state index is -0.213. The maximum Gasteiger partial charge on any atom is 0.227 e. The zero-order valence-corrected chi connectivity index (χ0v) is 19.1. The summed E-state index contributed by atoms with van der Waals surface area (Å²) >= 11 is 0. The lowest BCUT2D eigenvalue weighted by Gasteiger charge is -2.36. The zero-order valence-electron chi connectivity index (χ0n) is 19.1. The van der Waals surface area contributed by atoms with Crippen molar-refractivity contribution in [2.45, 2.75) is 57.0 Å². The highest BCUT2D eigenvalue weighted by molar-refractivity contribution is 5.78. The van der Waals surface area contributed by atoms with Crippen molar-refractivity contribution in [1.82, 2.24) is 24.6 Å². The van der Waals surface area contributed by atoms with Gasteiger partial charge in [-0.2, -0.15) is 9.61 Å². The minimum absolute atomic E-state index is 0.140. The molecule has 1 aliphatic heterocycles. The molecule has 1 aliphatic carbocycles. The molecule has 1 saturated heterocycles. The van der Waals surface area contributed by atoms with Crippen LogP contribution in [0.1, 0.15) is 56.6 Å². The Bertz CT molecular complexity index is 1280. The van der Waals surface area contributed by atoms with Gasteiger partial charge in [-0.1, -0.05) is 25.0 Å². The molecule has 1 saturated carbocycles. The lowest BCUT2D eigenvalue weighted by Crippen LogP contribution is -2.35. The third kappa shape index (κ3) is 3.97. The van der Waals surface area contributed by atoms with E-state index in [1.165, 1.54) is 37.8 Å². The van der Waals surface area contributed by atoms with Gasteiger partial charge in [0.15, 0.2) is 0 Å². The van der Waals surface area contributed by atoms with E-state index in [1.807, 2.05) is 41.2 Å². The third-order valence-corrected chi connectivity index (χ3v) is 7.05. The number of hydrogen-bond acceptors (Lipinski definition) is 6. The van der Waals surface area contributed by atoms with Crippen LogP contribution in [-0.4, -0.2) is 37.2 Å². The normalized spacial score (nSPS) is 19.1. The molecule has 0 bridgehead atoms. The Morgan fingerprint density at radius 3 is 2.53 bits per heavy atom. The standard InChI is InChI=1S/C26H28FN7/c27-19-10-8-18(9-11-19)23-7-3-4-16-33(23)26-29-15-13-24-21(17-30-34(24)26)22-12-14-28-25(32-22)31-20-5-1-2-6-20/h8-15,17,20,23H,1-7,16H2,(H,28,31,32). The first kappa shape index (κ1) is 21.0. The summed E-state index contributed by atoms with van der Waals surface area (Å²) in [5.41, 5.74) is 3.86. The first-order valence-corrected chi connectivity index (χ1v) is 12.2. The Kier molecular flexibility index (Phi) is 5.57. The fourth-order valence-corrected chi connectivity index (χ4v) is 5.33. The molecule has 1 unspecified atom stereocenters. The van der Waals surface area contributed by atoms with E-state index in [9.17, 15) is 4.39 Å². The molecule has 3 aromatic heterocycles. The zero-order chi connectivity index (χ0) is 22.9. The van der Waals surface area contributed by atoms with Crippen LogP contribution in [0.2, 0.25) is 0 Å². The van der Waals surface area contributed by atoms with E-state index in [-0.39, 0.29) is 11.9 Å². The van der Waals surface area contributed by atoms with E-state index < -0.39 is 0 Å². The Labute approximate surface area is 198 Å². The summed E-state index contributed by atoms with van der Waals surface area (Å²) in [5.74, 6) is 1.26. The molecule has 174 valence electrons. The number of anilines is 2. The number of piperidine rings is 1. The van der Waals surface area contributed by atoms with Gasteiger partial charge >= 0.3 is 0 Å². The molecule has 4 heterocycles. The summed E-state index contributed by atoms with van der Waals surface area (Å²) < 4.78 is 15.4. The predicted octanol–water partition coefficient (Wildman–Crippen LogP) is 5.41. The van der Waals surface area contributed by atoms with Crippen molar-refractivity contribution < 1.29 is 4.39 Å². The molecule has 34 heavy (non-hydrogen) atoms. The topological polar surface area (TPSA) is 71.2 Å². The van der Waals surface area contributed by atoms with Gasteiger partial charge in [-0.05, 0) is 61.9 Å². The molecule has 7 nitrogen and oxygen atoms in total. The van der Waals surface area contributed by atoms with E-state index in [2.05, 4.69) is 15.2 Å². The summed E-state index contributed by atoms with van der Waals surface area (Å²) in [6, 6.07) is 11.3. The molecule has 1 aromatic carbocycles. The number of fused-ring (bicyclic) bond motifs is 1. The van der Waals surface area contributed by atoms with Crippen molar-refractivity contribution in [3.05, 3.63) is 66.4 Å². The van der Waals surface area contributed by atoms with Crippen molar-refractivity contribution in [2.75, 3.05) is 16.8 Å². The average Bonchev–Trinajstić information content (AvgIpc) is 3.55. The number of hydrogen-bond donors (Lipinski definition) is 1. The largest absolute Gasteiger partial charge is 0.351 e. The van der Waals surface area contributed by atoms with Gasteiger partial charge in [0.1, 0.15) is 5.82 Å². The number of nitrogens with zero attached hydrogens (tertiary/aromatic N) is 6. The maximum atomic E-state index is 13.5. The van der Waals surface area contributed by atoms with Crippen LogP contribution in [0.15, 0.2) is 55.0 Å². The van der Waals surface area contributed by atoms with Crippen molar-refractivity contribution in [2.24, 2.45) is 0 Å². The van der Waals surface area contributed by atoms with Crippen molar-refractivity contribution in [3.63, 3.8) is 0 Å². The number of halogens is 1. The summed E-state index contributed by atoms with van der Waals surface area (Å²) in [6.07, 6.45) is 13.6. The summed E-state index contributed by atoms with van der Waals surface area (Å²) in [4.78, 5) is 16.3. The second-order valence-electron chi connectivity index (χ2n) is 9.25. The Morgan fingerprint density at radius 1 is 0.882 bits per heavy atom. The monoisotopic (exact) mass is 457 g/mol. The molecular weight excluding hydrogens is 429 g/mol. The Morgan fingerprint density at radius 2 is 1.68 bits per heavy atom.